The van der Waals surface area contributed by atoms with E-state index >= 15 is 0 Å². The van der Waals surface area contributed by atoms with Crippen LogP contribution in [0.3, 0.4) is 0 Å². The molecule has 1 fully saturated rings. The van der Waals surface area contributed by atoms with E-state index in [9.17, 15) is 13.2 Å². The molecule has 1 aliphatic heterocycles. The average molecular weight is 530 g/mol. The molecule has 0 aliphatic carbocycles. The number of ether oxygens (including phenoxy) is 1. The number of aromatic nitrogens is 1. The molecule has 0 amide bonds. The summed E-state index contributed by atoms with van der Waals surface area (Å²) >= 11 is 7.02. The van der Waals surface area contributed by atoms with E-state index in [2.05, 4.69) is 4.90 Å². The summed E-state index contributed by atoms with van der Waals surface area (Å²) in [6.07, 6.45) is 0. The maximum Gasteiger partial charge on any atom is 0.308 e. The zero-order valence-electron chi connectivity index (χ0n) is 19.1. The molecular formula is C25H24ClN3O4S2. The predicted octanol–water partition coefficient (Wildman–Crippen LogP) is 4.28. The smallest absolute Gasteiger partial charge is 0.308 e. The molecule has 0 bridgehead atoms. The Morgan fingerprint density at radius 3 is 2.29 bits per heavy atom. The van der Waals surface area contributed by atoms with Gasteiger partial charge in [0.15, 0.2) is 0 Å². The molecule has 0 N–H and O–H groups in total. The van der Waals surface area contributed by atoms with Gasteiger partial charge >= 0.3 is 4.87 Å². The van der Waals surface area contributed by atoms with Crippen LogP contribution in [0.1, 0.15) is 5.56 Å². The van der Waals surface area contributed by atoms with Crippen LogP contribution in [0.2, 0.25) is 5.02 Å². The second-order valence-electron chi connectivity index (χ2n) is 8.30. The van der Waals surface area contributed by atoms with E-state index in [1.165, 1.54) is 4.31 Å². The van der Waals surface area contributed by atoms with E-state index in [4.69, 9.17) is 16.3 Å². The molecule has 182 valence electrons. The number of benzene rings is 3. The number of sulfonamides is 1. The molecule has 35 heavy (non-hydrogen) atoms. The molecule has 0 unspecified atom stereocenters. The van der Waals surface area contributed by atoms with Crippen molar-refractivity contribution >= 4 is 48.9 Å². The first kappa shape index (κ1) is 23.9. The number of methoxy groups -OCH3 is 1. The summed E-state index contributed by atoms with van der Waals surface area (Å²) in [7, 11) is -2.04. The van der Waals surface area contributed by atoms with Crippen LogP contribution in [0.15, 0.2) is 76.4 Å². The van der Waals surface area contributed by atoms with Crippen LogP contribution < -0.4 is 14.5 Å². The molecule has 0 spiro atoms. The fraction of sp³-hybridized carbons (Fsp3) is 0.240. The standard InChI is InChI=1S/C25H24ClN3O4S2/c1-33-21-8-6-20(7-9-21)27-12-14-28(15-13-27)35(31,32)22-10-11-23-24(16-22)34-25(30)29(23)17-18-2-4-19(26)5-3-18/h2-11,16H,12-15,17H2,1H3. The first-order valence-electron chi connectivity index (χ1n) is 11.1. The van der Waals surface area contributed by atoms with E-state index in [1.807, 2.05) is 36.4 Å². The van der Waals surface area contributed by atoms with Gasteiger partial charge in [-0.3, -0.25) is 9.36 Å². The minimum Gasteiger partial charge on any atom is -0.497 e. The fourth-order valence-corrected chi connectivity index (χ4v) is 6.84. The van der Waals surface area contributed by atoms with Gasteiger partial charge in [-0.05, 0) is 60.2 Å². The second kappa shape index (κ2) is 9.66. The Bertz CT molecular complexity index is 1510. The number of piperazine rings is 1. The summed E-state index contributed by atoms with van der Waals surface area (Å²) in [6, 6.07) is 20.0. The number of fused-ring (bicyclic) bond motifs is 1. The minimum absolute atomic E-state index is 0.127. The Kier molecular flexibility index (Phi) is 6.59. The van der Waals surface area contributed by atoms with Gasteiger partial charge in [0.2, 0.25) is 10.0 Å². The lowest BCUT2D eigenvalue weighted by molar-refractivity contribution is 0.385. The lowest BCUT2D eigenvalue weighted by Gasteiger charge is -2.35. The van der Waals surface area contributed by atoms with Crippen LogP contribution in [0, 0.1) is 0 Å². The zero-order valence-corrected chi connectivity index (χ0v) is 21.4. The molecule has 0 atom stereocenters. The van der Waals surface area contributed by atoms with Crippen molar-refractivity contribution in [3.05, 3.63) is 87.0 Å². The van der Waals surface area contributed by atoms with Crippen molar-refractivity contribution < 1.29 is 13.2 Å². The van der Waals surface area contributed by atoms with Gasteiger partial charge in [0.05, 0.1) is 28.8 Å². The van der Waals surface area contributed by atoms with Gasteiger partial charge in [-0.2, -0.15) is 4.31 Å². The highest BCUT2D eigenvalue weighted by Crippen LogP contribution is 2.27. The SMILES string of the molecule is COc1ccc(N2CCN(S(=O)(=O)c3ccc4c(c3)sc(=O)n4Cc3ccc(Cl)cc3)CC2)cc1. The van der Waals surface area contributed by atoms with Gasteiger partial charge in [0.1, 0.15) is 5.75 Å². The van der Waals surface area contributed by atoms with Crippen molar-refractivity contribution in [1.29, 1.82) is 0 Å². The van der Waals surface area contributed by atoms with E-state index < -0.39 is 10.0 Å². The van der Waals surface area contributed by atoms with E-state index in [-0.39, 0.29) is 9.77 Å². The van der Waals surface area contributed by atoms with E-state index in [0.29, 0.717) is 42.4 Å². The lowest BCUT2D eigenvalue weighted by Crippen LogP contribution is -2.48. The molecule has 4 aromatic rings. The molecule has 1 aromatic heterocycles. The highest BCUT2D eigenvalue weighted by Gasteiger charge is 2.29. The zero-order chi connectivity index (χ0) is 24.6. The molecule has 1 aliphatic rings. The fourth-order valence-electron chi connectivity index (χ4n) is 4.26. The minimum atomic E-state index is -3.67. The molecule has 0 saturated carbocycles. The molecular weight excluding hydrogens is 506 g/mol. The van der Waals surface area contributed by atoms with Gasteiger partial charge in [0, 0.05) is 36.9 Å². The number of halogens is 1. The number of rotatable bonds is 6. The number of nitrogens with zero attached hydrogens (tertiary/aromatic N) is 3. The summed E-state index contributed by atoms with van der Waals surface area (Å²) < 4.78 is 35.8. The van der Waals surface area contributed by atoms with Crippen molar-refractivity contribution in [2.24, 2.45) is 0 Å². The molecule has 0 radical (unpaired) electrons. The number of hydrogen-bond donors (Lipinski definition) is 0. The van der Waals surface area contributed by atoms with Gasteiger partial charge in [-0.1, -0.05) is 35.1 Å². The van der Waals surface area contributed by atoms with Crippen LogP contribution in [-0.4, -0.2) is 50.6 Å². The first-order valence-corrected chi connectivity index (χ1v) is 13.8. The summed E-state index contributed by atoms with van der Waals surface area (Å²) in [4.78, 5) is 14.9. The largest absolute Gasteiger partial charge is 0.497 e. The van der Waals surface area contributed by atoms with Gasteiger partial charge < -0.3 is 9.64 Å². The van der Waals surface area contributed by atoms with Gasteiger partial charge in [-0.15, -0.1) is 0 Å². The Hall–Kier alpha value is -2.85. The number of anilines is 1. The summed E-state index contributed by atoms with van der Waals surface area (Å²) in [5.74, 6) is 0.787. The Morgan fingerprint density at radius 1 is 0.943 bits per heavy atom. The quantitative estimate of drug-likeness (QED) is 0.373. The Balaban J connectivity index is 1.34. The van der Waals surface area contributed by atoms with Crippen molar-refractivity contribution in [3.63, 3.8) is 0 Å². The van der Waals surface area contributed by atoms with Crippen LogP contribution in [-0.2, 0) is 16.6 Å². The maximum absolute atomic E-state index is 13.4. The van der Waals surface area contributed by atoms with E-state index in [1.54, 1.807) is 42.0 Å². The van der Waals surface area contributed by atoms with Crippen molar-refractivity contribution in [3.8, 4) is 5.75 Å². The maximum atomic E-state index is 13.4. The van der Waals surface area contributed by atoms with Gasteiger partial charge in [0.25, 0.3) is 0 Å². The van der Waals surface area contributed by atoms with Crippen LogP contribution in [0.5, 0.6) is 5.75 Å². The van der Waals surface area contributed by atoms with Gasteiger partial charge in [-0.25, -0.2) is 8.42 Å². The third-order valence-corrected chi connectivity index (χ3v) is 9.30. The molecule has 3 aromatic carbocycles. The van der Waals surface area contributed by atoms with E-state index in [0.717, 1.165) is 33.9 Å². The summed E-state index contributed by atoms with van der Waals surface area (Å²) in [5, 5.41) is 0.635. The monoisotopic (exact) mass is 529 g/mol. The summed E-state index contributed by atoms with van der Waals surface area (Å²) in [5.41, 5.74) is 2.71. The molecule has 10 heteroatoms. The lowest BCUT2D eigenvalue weighted by atomic mass is 10.2. The first-order chi connectivity index (χ1) is 16.8. The Labute approximate surface area is 212 Å². The number of thiazole rings is 1. The topological polar surface area (TPSA) is 71.8 Å². The highest BCUT2D eigenvalue weighted by molar-refractivity contribution is 7.89. The van der Waals surface area contributed by atoms with Crippen LogP contribution >= 0.6 is 22.9 Å². The van der Waals surface area contributed by atoms with Crippen LogP contribution in [0.25, 0.3) is 10.2 Å². The molecule has 5 rings (SSSR count). The molecule has 2 heterocycles. The summed E-state index contributed by atoms with van der Waals surface area (Å²) in [6.45, 7) is 2.37. The molecule has 1 saturated heterocycles. The molecule has 7 nitrogen and oxygen atoms in total. The highest BCUT2D eigenvalue weighted by atomic mass is 35.5. The predicted molar refractivity (Wildman–Crippen MR) is 141 cm³/mol. The average Bonchev–Trinajstić information content (AvgIpc) is 3.19. The second-order valence-corrected chi connectivity index (χ2v) is 11.7. The van der Waals surface area contributed by atoms with Crippen molar-refractivity contribution in [1.82, 2.24) is 8.87 Å². The van der Waals surface area contributed by atoms with Crippen LogP contribution in [0.4, 0.5) is 5.69 Å². The third-order valence-electron chi connectivity index (χ3n) is 6.21. The normalized spacial score (nSPS) is 15.0. The number of hydrogen-bond acceptors (Lipinski definition) is 6. The Morgan fingerprint density at radius 2 is 1.63 bits per heavy atom. The van der Waals surface area contributed by atoms with Crippen molar-refractivity contribution in [2.75, 3.05) is 38.2 Å². The third kappa shape index (κ3) is 4.81. The van der Waals surface area contributed by atoms with Crippen molar-refractivity contribution in [2.45, 2.75) is 11.4 Å².